The van der Waals surface area contributed by atoms with E-state index in [1.807, 2.05) is 0 Å². The summed E-state index contributed by atoms with van der Waals surface area (Å²) in [7, 11) is 1.47. The summed E-state index contributed by atoms with van der Waals surface area (Å²) in [5, 5.41) is 0.194. The van der Waals surface area contributed by atoms with Crippen molar-refractivity contribution >= 4 is 104 Å². The highest BCUT2D eigenvalue weighted by Gasteiger charge is 1.85. The topological polar surface area (TPSA) is 17.1 Å². The molecule has 0 aromatic carbocycles. The average molecular weight is 560 g/mol. The van der Waals surface area contributed by atoms with Crippen molar-refractivity contribution in [3.8, 4) is 0 Å². The molecule has 13 heavy (non-hydrogen) atoms. The van der Waals surface area contributed by atoms with E-state index in [1.54, 1.807) is 6.82 Å². The van der Waals surface area contributed by atoms with E-state index in [0.29, 0.717) is 0 Å². The Labute approximate surface area is 131 Å². The van der Waals surface area contributed by atoms with Crippen molar-refractivity contribution in [3.63, 3.8) is 0 Å². The molecule has 0 spiro atoms. The maximum atomic E-state index is 10.0. The second-order valence-electron chi connectivity index (χ2n) is 1.24. The largest absolute Gasteiger partial charge is 0.307 e. The highest BCUT2D eigenvalue weighted by atomic mass is 127. The van der Waals surface area contributed by atoms with Crippen LogP contribution in [-0.4, -0.2) is 18.2 Å². The number of halogens is 5. The summed E-state index contributed by atoms with van der Waals surface area (Å²) in [6, 6.07) is 0. The quantitative estimate of drug-likeness (QED) is 0.212. The van der Waals surface area contributed by atoms with Gasteiger partial charge in [-0.25, -0.2) is 0 Å². The van der Waals surface area contributed by atoms with E-state index < -0.39 is 0 Å². The highest BCUT2D eigenvalue weighted by Crippen LogP contribution is 2.16. The molecular formula is C6H9BCl2I3O. The Morgan fingerprint density at radius 1 is 1.54 bits per heavy atom. The van der Waals surface area contributed by atoms with Crippen LogP contribution in [0.5, 0.6) is 0 Å². The van der Waals surface area contributed by atoms with Gasteiger partial charge in [0.05, 0.1) is 5.34 Å². The number of rotatable bonds is 2. The lowest BCUT2D eigenvalue weighted by Crippen LogP contribution is -1.97. The lowest BCUT2D eigenvalue weighted by atomic mass is 9.77. The van der Waals surface area contributed by atoms with E-state index >= 15 is 0 Å². The zero-order chi connectivity index (χ0) is 11.3. The van der Waals surface area contributed by atoms with E-state index in [4.69, 9.17) is 23.2 Å². The Morgan fingerprint density at radius 2 is 1.77 bits per heavy atom. The van der Waals surface area contributed by atoms with Crippen molar-refractivity contribution in [2.75, 3.05) is 5.34 Å². The summed E-state index contributed by atoms with van der Waals surface area (Å²) in [6.07, 6.45) is 1.28. The average Bonchev–Trinajstić information content (AvgIpc) is 2.03. The van der Waals surface area contributed by atoms with Gasteiger partial charge in [-0.1, -0.05) is 81.2 Å². The van der Waals surface area contributed by atoms with Crippen LogP contribution < -0.4 is 0 Å². The molecule has 0 amide bonds. The van der Waals surface area contributed by atoms with Gasteiger partial charge in [-0.15, -0.1) is 23.2 Å². The van der Waals surface area contributed by atoms with Crippen LogP contribution in [0.15, 0.2) is 12.7 Å². The lowest BCUT2D eigenvalue weighted by molar-refractivity contribution is -0.108. The fourth-order valence-electron chi connectivity index (χ4n) is 0.118. The van der Waals surface area contributed by atoms with E-state index in [2.05, 4.69) is 74.4 Å². The summed E-state index contributed by atoms with van der Waals surface area (Å²) in [5.74, 6) is 0. The predicted molar refractivity (Wildman–Crippen MR) is 89.2 cm³/mol. The van der Waals surface area contributed by atoms with Gasteiger partial charge in [-0.3, -0.25) is 0 Å². The minimum atomic E-state index is -0.0185. The van der Waals surface area contributed by atoms with Gasteiger partial charge in [0.15, 0.2) is 0 Å². The fraction of sp³-hybridized carbons (Fsp3) is 0.500. The Bertz CT molecular complexity index is 122. The Balaban J connectivity index is -0.000000125. The summed E-state index contributed by atoms with van der Waals surface area (Å²) >= 11 is 16.5. The van der Waals surface area contributed by atoms with E-state index in [1.165, 1.54) is 13.4 Å². The summed E-state index contributed by atoms with van der Waals surface area (Å²) in [4.78, 5) is 10.0. The van der Waals surface area contributed by atoms with Crippen molar-refractivity contribution in [1.29, 1.82) is 0 Å². The first-order valence-electron chi connectivity index (χ1n) is 2.96. The van der Waals surface area contributed by atoms with Crippen LogP contribution in [0.3, 0.4) is 0 Å². The molecular weight excluding hydrogens is 550 g/mol. The molecule has 0 fully saturated rings. The molecule has 0 aliphatic heterocycles. The zero-order valence-electron chi connectivity index (χ0n) is 6.94. The highest BCUT2D eigenvalue weighted by molar-refractivity contribution is 14.3. The molecule has 0 heterocycles. The minimum Gasteiger partial charge on any atom is -0.307 e. The molecule has 0 aliphatic carbocycles. The summed E-state index contributed by atoms with van der Waals surface area (Å²) in [5.41, 5.74) is -0.0185. The molecule has 0 atom stereocenters. The molecule has 0 aromatic heterocycles. The summed E-state index contributed by atoms with van der Waals surface area (Å²) < 4.78 is 0.743. The molecule has 0 aromatic rings. The van der Waals surface area contributed by atoms with Crippen molar-refractivity contribution in [2.24, 2.45) is 0 Å². The Kier molecular flexibility index (Phi) is 31.4. The van der Waals surface area contributed by atoms with Gasteiger partial charge in [-0.05, 0) is 6.08 Å². The van der Waals surface area contributed by atoms with Crippen LogP contribution in [0.25, 0.3) is 0 Å². The second kappa shape index (κ2) is 19.8. The number of carbonyl (C=O) groups excluding carboxylic acids is 1. The van der Waals surface area contributed by atoms with Crippen molar-refractivity contribution in [3.05, 3.63) is 12.7 Å². The van der Waals surface area contributed by atoms with Gasteiger partial charge in [-0.2, -0.15) is 0 Å². The molecule has 0 bridgehead atoms. The number of allylic oxidation sites excluding steroid dienone is 1. The standard InChI is InChI=1S/C4H6BO.CH2Cl2.CHI3/c1-3-4(6)5-2;2-1-3;2-1(3)4/h3H,1H2,2H3;1H2;1H. The molecule has 0 unspecified atom stereocenters. The Hall–Kier alpha value is 2.24. The third-order valence-corrected chi connectivity index (χ3v) is 0.486. The normalized spacial score (nSPS) is 7.31. The SMILES string of the molecule is C=CC(=O)[B]C.ClCCl.IC(I)I. The summed E-state index contributed by atoms with van der Waals surface area (Å²) in [6.45, 7) is 4.94. The predicted octanol–water partition coefficient (Wildman–Crippen LogP) is 4.45. The molecule has 77 valence electrons. The molecule has 7 heteroatoms. The second-order valence-corrected chi connectivity index (χ2v) is 12.9. The molecule has 0 rings (SSSR count). The molecule has 0 N–H and O–H groups in total. The van der Waals surface area contributed by atoms with Crippen molar-refractivity contribution in [2.45, 2.75) is 6.76 Å². The smallest absolute Gasteiger partial charge is 0.204 e. The van der Waals surface area contributed by atoms with Crippen LogP contribution >= 0.6 is 91.0 Å². The zero-order valence-corrected chi connectivity index (χ0v) is 14.9. The van der Waals surface area contributed by atoms with E-state index in [-0.39, 0.29) is 11.0 Å². The number of hydrogen-bond donors (Lipinski definition) is 0. The van der Waals surface area contributed by atoms with Gasteiger partial charge in [0, 0.05) is 0 Å². The van der Waals surface area contributed by atoms with Gasteiger partial charge in [0.2, 0.25) is 7.28 Å². The van der Waals surface area contributed by atoms with Crippen molar-refractivity contribution < 1.29 is 4.79 Å². The van der Waals surface area contributed by atoms with Gasteiger partial charge in [0.25, 0.3) is 0 Å². The van der Waals surface area contributed by atoms with Crippen LogP contribution in [0.1, 0.15) is 0 Å². The molecule has 0 aliphatic rings. The van der Waals surface area contributed by atoms with Crippen LogP contribution in [0.4, 0.5) is 0 Å². The Morgan fingerprint density at radius 3 is 1.77 bits per heavy atom. The number of alkyl halides is 5. The van der Waals surface area contributed by atoms with Gasteiger partial charge >= 0.3 is 0 Å². The maximum absolute atomic E-state index is 10.0. The van der Waals surface area contributed by atoms with Crippen LogP contribution in [-0.2, 0) is 4.79 Å². The molecule has 0 saturated heterocycles. The minimum absolute atomic E-state index is 0.0185. The van der Waals surface area contributed by atoms with E-state index in [0.717, 1.165) is -0.0619 Å². The van der Waals surface area contributed by atoms with Crippen molar-refractivity contribution in [1.82, 2.24) is 0 Å². The first-order valence-corrected chi connectivity index (χ1v) is 7.76. The first-order chi connectivity index (χ1) is 5.95. The van der Waals surface area contributed by atoms with Crippen LogP contribution in [0, 0.1) is 0 Å². The monoisotopic (exact) mass is 559 g/mol. The lowest BCUT2D eigenvalue weighted by Gasteiger charge is -1.73. The first kappa shape index (κ1) is 20.6. The third-order valence-electron chi connectivity index (χ3n) is 0.486. The molecule has 0 saturated carbocycles. The number of carbonyl (C=O) groups is 1. The van der Waals surface area contributed by atoms with E-state index in [9.17, 15) is 4.79 Å². The van der Waals surface area contributed by atoms with Gasteiger partial charge < -0.3 is 4.79 Å². The molecule has 1 nitrogen and oxygen atoms in total. The fourth-order valence-corrected chi connectivity index (χ4v) is 0.118. The van der Waals surface area contributed by atoms with Crippen LogP contribution in [0.2, 0.25) is 6.82 Å². The molecule has 1 radical (unpaired) electrons. The number of hydrogen-bond acceptors (Lipinski definition) is 1. The van der Waals surface area contributed by atoms with Gasteiger partial charge in [0.1, 0.15) is 5.62 Å². The maximum Gasteiger partial charge on any atom is 0.204 e. The third kappa shape index (κ3) is 54.8.